The van der Waals surface area contributed by atoms with E-state index in [1.165, 1.54) is 5.56 Å². The van der Waals surface area contributed by atoms with Crippen LogP contribution in [0.5, 0.6) is 0 Å². The van der Waals surface area contributed by atoms with Gasteiger partial charge in [0.15, 0.2) is 0 Å². The van der Waals surface area contributed by atoms with Crippen LogP contribution in [0.15, 0.2) is 71.3 Å². The van der Waals surface area contributed by atoms with Crippen LogP contribution in [0.3, 0.4) is 0 Å². The first-order valence-corrected chi connectivity index (χ1v) is 9.75. The fourth-order valence-corrected chi connectivity index (χ4v) is 3.72. The third kappa shape index (κ3) is 4.10. The van der Waals surface area contributed by atoms with Crippen LogP contribution in [0.25, 0.3) is 10.9 Å². The summed E-state index contributed by atoms with van der Waals surface area (Å²) in [6, 6.07) is 19.9. The molecule has 2 aromatic carbocycles. The number of para-hydroxylation sites is 1. The highest BCUT2D eigenvalue weighted by Crippen LogP contribution is 2.27. The molecule has 4 rings (SSSR count). The van der Waals surface area contributed by atoms with E-state index in [0.29, 0.717) is 25.3 Å². The zero-order chi connectivity index (χ0) is 20.2. The number of rotatable bonds is 8. The summed E-state index contributed by atoms with van der Waals surface area (Å²) >= 11 is 0. The second-order valence-electron chi connectivity index (χ2n) is 7.23. The number of benzene rings is 2. The summed E-state index contributed by atoms with van der Waals surface area (Å²) in [5.74, 6) is 0.00824. The molecule has 29 heavy (non-hydrogen) atoms. The summed E-state index contributed by atoms with van der Waals surface area (Å²) in [7, 11) is 0. The van der Waals surface area contributed by atoms with Crippen LogP contribution < -0.4 is 5.32 Å². The molecular weight excluding hydrogens is 364 g/mol. The van der Waals surface area contributed by atoms with Gasteiger partial charge in [-0.2, -0.15) is 0 Å². The quantitative estimate of drug-likeness (QED) is 0.432. The maximum absolute atomic E-state index is 12.2. The van der Waals surface area contributed by atoms with Crippen molar-refractivity contribution in [3.63, 3.8) is 0 Å². The Hall–Kier alpha value is -3.31. The molecule has 0 atom stereocenters. The van der Waals surface area contributed by atoms with Crippen molar-refractivity contribution in [2.45, 2.75) is 26.4 Å². The maximum atomic E-state index is 12.2. The Labute approximate surface area is 169 Å². The number of nitrogens with one attached hydrogen (secondary N) is 1. The molecule has 0 amide bonds. The van der Waals surface area contributed by atoms with E-state index in [9.17, 15) is 9.90 Å². The van der Waals surface area contributed by atoms with Crippen LogP contribution in [0.1, 0.15) is 32.9 Å². The third-order valence-electron chi connectivity index (χ3n) is 5.17. The molecule has 0 bridgehead atoms. The third-order valence-corrected chi connectivity index (χ3v) is 5.17. The first-order valence-electron chi connectivity index (χ1n) is 9.75. The Morgan fingerprint density at radius 3 is 2.59 bits per heavy atom. The Morgan fingerprint density at radius 1 is 1.07 bits per heavy atom. The lowest BCUT2D eigenvalue weighted by molar-refractivity contribution is 0.0684. The largest absolute Gasteiger partial charge is 0.477 e. The lowest BCUT2D eigenvalue weighted by atomic mass is 10.1. The molecule has 0 aliphatic rings. The molecule has 148 valence electrons. The van der Waals surface area contributed by atoms with Crippen molar-refractivity contribution in [3.05, 3.63) is 95.1 Å². The minimum absolute atomic E-state index is 0.345. The molecule has 0 saturated heterocycles. The smallest absolute Gasteiger partial charge is 0.352 e. The van der Waals surface area contributed by atoms with E-state index in [1.54, 1.807) is 6.26 Å². The van der Waals surface area contributed by atoms with E-state index in [1.807, 2.05) is 47.9 Å². The van der Waals surface area contributed by atoms with Crippen LogP contribution in [0.4, 0.5) is 0 Å². The number of aromatic carboxylic acids is 1. The Bertz CT molecular complexity index is 1110. The monoisotopic (exact) mass is 388 g/mol. The number of carbonyl (C=O) groups is 1. The van der Waals surface area contributed by atoms with Gasteiger partial charge in [0, 0.05) is 42.5 Å². The molecule has 2 heterocycles. The first-order chi connectivity index (χ1) is 14.1. The molecule has 2 aromatic heterocycles. The molecular formula is C24H24N2O3. The summed E-state index contributed by atoms with van der Waals surface area (Å²) in [5, 5.41) is 14.4. The number of carboxylic acid groups (broad SMARTS) is 1. The molecule has 0 unspecified atom stereocenters. The van der Waals surface area contributed by atoms with Gasteiger partial charge in [0.2, 0.25) is 0 Å². The van der Waals surface area contributed by atoms with Crippen LogP contribution >= 0.6 is 0 Å². The number of furan rings is 1. The summed E-state index contributed by atoms with van der Waals surface area (Å²) in [6.07, 6.45) is 2.42. The predicted octanol–water partition coefficient (Wildman–Crippen LogP) is 4.62. The van der Waals surface area contributed by atoms with Gasteiger partial charge in [-0.15, -0.1) is 0 Å². The van der Waals surface area contributed by atoms with Gasteiger partial charge in [-0.05, 0) is 30.7 Å². The highest BCUT2D eigenvalue weighted by atomic mass is 16.4. The van der Waals surface area contributed by atoms with E-state index >= 15 is 0 Å². The van der Waals surface area contributed by atoms with Gasteiger partial charge in [0.1, 0.15) is 11.5 Å². The highest BCUT2D eigenvalue weighted by Gasteiger charge is 2.22. The van der Waals surface area contributed by atoms with Crippen LogP contribution in [0.2, 0.25) is 0 Å². The summed E-state index contributed by atoms with van der Waals surface area (Å²) < 4.78 is 7.27. The zero-order valence-corrected chi connectivity index (χ0v) is 16.4. The van der Waals surface area contributed by atoms with Crippen molar-refractivity contribution in [1.29, 1.82) is 0 Å². The lowest BCUT2D eigenvalue weighted by Crippen LogP contribution is -2.19. The van der Waals surface area contributed by atoms with Crippen molar-refractivity contribution in [2.24, 2.45) is 0 Å². The maximum Gasteiger partial charge on any atom is 0.352 e. The van der Waals surface area contributed by atoms with E-state index < -0.39 is 5.97 Å². The number of carboxylic acids is 1. The van der Waals surface area contributed by atoms with Crippen molar-refractivity contribution in [1.82, 2.24) is 9.88 Å². The fourth-order valence-electron chi connectivity index (χ4n) is 3.72. The number of fused-ring (bicyclic) bond motifs is 1. The van der Waals surface area contributed by atoms with Gasteiger partial charge in [0.25, 0.3) is 0 Å². The van der Waals surface area contributed by atoms with Gasteiger partial charge < -0.3 is 19.4 Å². The van der Waals surface area contributed by atoms with E-state index in [0.717, 1.165) is 34.2 Å². The number of aromatic nitrogens is 1. The van der Waals surface area contributed by atoms with Crippen LogP contribution in [-0.2, 0) is 19.5 Å². The van der Waals surface area contributed by atoms with Gasteiger partial charge in [0.05, 0.1) is 6.26 Å². The molecule has 2 N–H and O–H groups in total. The Morgan fingerprint density at radius 2 is 1.86 bits per heavy atom. The van der Waals surface area contributed by atoms with Gasteiger partial charge >= 0.3 is 5.97 Å². The summed E-state index contributed by atoms with van der Waals surface area (Å²) in [4.78, 5) is 12.2. The van der Waals surface area contributed by atoms with Crippen molar-refractivity contribution in [2.75, 3.05) is 6.54 Å². The second kappa shape index (κ2) is 8.37. The molecule has 0 aliphatic carbocycles. The second-order valence-corrected chi connectivity index (χ2v) is 7.23. The average molecular weight is 388 g/mol. The molecule has 5 nitrogen and oxygen atoms in total. The minimum Gasteiger partial charge on any atom is -0.477 e. The normalized spacial score (nSPS) is 11.2. The van der Waals surface area contributed by atoms with Crippen molar-refractivity contribution >= 4 is 16.9 Å². The topological polar surface area (TPSA) is 67.4 Å². The minimum atomic E-state index is -0.906. The zero-order valence-electron chi connectivity index (χ0n) is 16.4. The van der Waals surface area contributed by atoms with Crippen LogP contribution in [0, 0.1) is 6.92 Å². The SMILES string of the molecule is Cc1ccc(Cn2c(C(=O)O)c(CNCCc3ccco3)c3ccccc32)cc1. The van der Waals surface area contributed by atoms with Crippen LogP contribution in [-0.4, -0.2) is 22.2 Å². The molecule has 0 saturated carbocycles. The van der Waals surface area contributed by atoms with E-state index in [4.69, 9.17) is 4.42 Å². The number of hydrogen-bond acceptors (Lipinski definition) is 3. The standard InChI is InChI=1S/C24H24N2O3/c1-17-8-10-18(11-9-17)16-26-22-7-3-2-6-20(22)21(23(26)24(27)28)15-25-13-12-19-5-4-14-29-19/h2-11,14,25H,12-13,15-16H2,1H3,(H,27,28). The van der Waals surface area contributed by atoms with E-state index in [-0.39, 0.29) is 0 Å². The number of hydrogen-bond donors (Lipinski definition) is 2. The van der Waals surface area contributed by atoms with Gasteiger partial charge in [-0.3, -0.25) is 0 Å². The molecule has 0 radical (unpaired) electrons. The predicted molar refractivity (Wildman–Crippen MR) is 113 cm³/mol. The Kier molecular flexibility index (Phi) is 5.49. The highest BCUT2D eigenvalue weighted by molar-refractivity contribution is 5.98. The van der Waals surface area contributed by atoms with E-state index in [2.05, 4.69) is 29.6 Å². The molecule has 0 aliphatic heterocycles. The number of aryl methyl sites for hydroxylation is 1. The number of nitrogens with zero attached hydrogens (tertiary/aromatic N) is 1. The molecule has 0 fully saturated rings. The fraction of sp³-hybridized carbons (Fsp3) is 0.208. The molecule has 0 spiro atoms. The van der Waals surface area contributed by atoms with Crippen molar-refractivity contribution in [3.8, 4) is 0 Å². The first kappa shape index (κ1) is 19.0. The van der Waals surface area contributed by atoms with Gasteiger partial charge in [-0.25, -0.2) is 4.79 Å². The lowest BCUT2D eigenvalue weighted by Gasteiger charge is -2.10. The molecule has 4 aromatic rings. The Balaban J connectivity index is 1.64. The van der Waals surface area contributed by atoms with Crippen molar-refractivity contribution < 1.29 is 14.3 Å². The summed E-state index contributed by atoms with van der Waals surface area (Å²) in [6.45, 7) is 3.77. The van der Waals surface area contributed by atoms with Gasteiger partial charge in [-0.1, -0.05) is 48.0 Å². The summed E-state index contributed by atoms with van der Waals surface area (Å²) in [5.41, 5.74) is 4.37. The molecule has 5 heteroatoms. The average Bonchev–Trinajstić information content (AvgIpc) is 3.34.